The standard InChI is InChI=1S/C14H11N3O2S/c1-2-12(18)15-9-4-3-5-10(8-9)19-14-13-11(16-17-14)6-7-20-13/h2-8H,1H2,(H,15,18)(H,16,17). The number of nitrogens with zero attached hydrogens (tertiary/aromatic N) is 1. The molecule has 0 aliphatic carbocycles. The van der Waals surface area contributed by atoms with Crippen molar-refractivity contribution in [3.8, 4) is 11.6 Å². The molecule has 3 aromatic rings. The van der Waals surface area contributed by atoms with E-state index in [2.05, 4.69) is 22.1 Å². The molecule has 3 rings (SSSR count). The van der Waals surface area contributed by atoms with Crippen LogP contribution in [0, 0.1) is 0 Å². The minimum absolute atomic E-state index is 0.262. The van der Waals surface area contributed by atoms with Gasteiger partial charge in [-0.25, -0.2) is 0 Å². The van der Waals surface area contributed by atoms with Crippen LogP contribution in [0.2, 0.25) is 0 Å². The van der Waals surface area contributed by atoms with Crippen molar-refractivity contribution < 1.29 is 9.53 Å². The fourth-order valence-electron chi connectivity index (χ4n) is 1.74. The number of H-pyrrole nitrogens is 1. The van der Waals surface area contributed by atoms with Crippen molar-refractivity contribution in [1.29, 1.82) is 0 Å². The van der Waals surface area contributed by atoms with E-state index in [0.29, 0.717) is 17.3 Å². The highest BCUT2D eigenvalue weighted by Gasteiger charge is 2.09. The minimum atomic E-state index is -0.262. The predicted molar refractivity (Wildman–Crippen MR) is 79.3 cm³/mol. The lowest BCUT2D eigenvalue weighted by Gasteiger charge is -2.05. The van der Waals surface area contributed by atoms with Crippen LogP contribution in [0.25, 0.3) is 10.2 Å². The second kappa shape index (κ2) is 5.18. The molecule has 0 atom stereocenters. The van der Waals surface area contributed by atoms with Crippen LogP contribution < -0.4 is 10.1 Å². The highest BCUT2D eigenvalue weighted by atomic mass is 32.1. The maximum atomic E-state index is 11.3. The van der Waals surface area contributed by atoms with Crippen LogP contribution in [0.1, 0.15) is 0 Å². The van der Waals surface area contributed by atoms with E-state index >= 15 is 0 Å². The topological polar surface area (TPSA) is 67.0 Å². The molecule has 0 fully saturated rings. The Morgan fingerprint density at radius 2 is 2.35 bits per heavy atom. The maximum Gasteiger partial charge on any atom is 0.256 e. The zero-order valence-electron chi connectivity index (χ0n) is 10.4. The van der Waals surface area contributed by atoms with Crippen LogP contribution in [0.15, 0.2) is 48.4 Å². The second-order valence-electron chi connectivity index (χ2n) is 4.02. The van der Waals surface area contributed by atoms with Gasteiger partial charge < -0.3 is 10.1 Å². The van der Waals surface area contributed by atoms with Gasteiger partial charge in [-0.3, -0.25) is 9.89 Å². The van der Waals surface area contributed by atoms with Gasteiger partial charge in [0.05, 0.1) is 5.52 Å². The second-order valence-corrected chi connectivity index (χ2v) is 4.93. The lowest BCUT2D eigenvalue weighted by molar-refractivity contribution is -0.111. The number of benzene rings is 1. The van der Waals surface area contributed by atoms with Gasteiger partial charge in [0.1, 0.15) is 10.4 Å². The molecule has 1 aromatic carbocycles. The summed E-state index contributed by atoms with van der Waals surface area (Å²) in [5.74, 6) is 0.874. The Balaban J connectivity index is 1.84. The normalized spacial score (nSPS) is 10.4. The number of hydrogen-bond donors (Lipinski definition) is 2. The Labute approximate surface area is 118 Å². The van der Waals surface area contributed by atoms with Crippen LogP contribution >= 0.6 is 11.3 Å². The Bertz CT molecular complexity index is 775. The maximum absolute atomic E-state index is 11.3. The number of thiophene rings is 1. The van der Waals surface area contributed by atoms with E-state index in [4.69, 9.17) is 4.74 Å². The van der Waals surface area contributed by atoms with Crippen LogP contribution in [-0.2, 0) is 4.79 Å². The van der Waals surface area contributed by atoms with Gasteiger partial charge in [0.15, 0.2) is 0 Å². The molecule has 5 nitrogen and oxygen atoms in total. The summed E-state index contributed by atoms with van der Waals surface area (Å²) in [6.07, 6.45) is 1.22. The third-order valence-corrected chi connectivity index (χ3v) is 3.54. The van der Waals surface area contributed by atoms with Gasteiger partial charge in [-0.05, 0) is 29.7 Å². The van der Waals surface area contributed by atoms with Crippen molar-refractivity contribution >= 4 is 33.1 Å². The molecule has 0 radical (unpaired) electrons. The molecule has 0 aliphatic heterocycles. The summed E-state index contributed by atoms with van der Waals surface area (Å²) in [4.78, 5) is 11.3. The van der Waals surface area contributed by atoms with Crippen molar-refractivity contribution in [2.24, 2.45) is 0 Å². The number of nitrogens with one attached hydrogen (secondary N) is 2. The van der Waals surface area contributed by atoms with Crippen molar-refractivity contribution in [2.75, 3.05) is 5.32 Å². The molecular weight excluding hydrogens is 274 g/mol. The highest BCUT2D eigenvalue weighted by molar-refractivity contribution is 7.17. The zero-order valence-corrected chi connectivity index (χ0v) is 11.2. The van der Waals surface area contributed by atoms with Crippen LogP contribution in [0.3, 0.4) is 0 Å². The number of hydrogen-bond acceptors (Lipinski definition) is 4. The molecule has 20 heavy (non-hydrogen) atoms. The van der Waals surface area contributed by atoms with Crippen LogP contribution in [0.5, 0.6) is 11.6 Å². The first kappa shape index (κ1) is 12.4. The minimum Gasteiger partial charge on any atom is -0.436 e. The summed E-state index contributed by atoms with van der Waals surface area (Å²) < 4.78 is 6.70. The van der Waals surface area contributed by atoms with Gasteiger partial charge >= 0.3 is 0 Å². The fourth-order valence-corrected chi connectivity index (χ4v) is 2.51. The van der Waals surface area contributed by atoms with Gasteiger partial charge in [0.2, 0.25) is 5.91 Å². The van der Waals surface area contributed by atoms with Crippen molar-refractivity contribution in [3.05, 3.63) is 48.4 Å². The number of aromatic nitrogens is 2. The molecule has 2 heterocycles. The number of carbonyl (C=O) groups excluding carboxylic acids is 1. The molecule has 0 aliphatic rings. The molecule has 0 saturated carbocycles. The molecule has 0 spiro atoms. The average Bonchev–Trinajstić information content (AvgIpc) is 3.04. The lowest BCUT2D eigenvalue weighted by atomic mass is 10.3. The van der Waals surface area contributed by atoms with E-state index in [9.17, 15) is 4.79 Å². The Morgan fingerprint density at radius 1 is 1.45 bits per heavy atom. The number of anilines is 1. The summed E-state index contributed by atoms with van der Waals surface area (Å²) >= 11 is 1.56. The first-order chi connectivity index (χ1) is 9.76. The predicted octanol–water partition coefficient (Wildman–Crippen LogP) is 3.54. The molecule has 0 unspecified atom stereocenters. The number of rotatable bonds is 4. The summed E-state index contributed by atoms with van der Waals surface area (Å²) in [5.41, 5.74) is 1.59. The number of carbonyl (C=O) groups is 1. The van der Waals surface area contributed by atoms with E-state index in [-0.39, 0.29) is 5.91 Å². The van der Waals surface area contributed by atoms with Crippen molar-refractivity contribution in [2.45, 2.75) is 0 Å². The summed E-state index contributed by atoms with van der Waals surface area (Å²) in [7, 11) is 0. The monoisotopic (exact) mass is 285 g/mol. The fraction of sp³-hybridized carbons (Fsp3) is 0. The first-order valence-corrected chi connectivity index (χ1v) is 6.77. The third-order valence-electron chi connectivity index (χ3n) is 2.64. The smallest absolute Gasteiger partial charge is 0.256 e. The molecular formula is C14H11N3O2S. The number of ether oxygens (including phenoxy) is 1. The van der Waals surface area contributed by atoms with Crippen LogP contribution in [-0.4, -0.2) is 16.1 Å². The third kappa shape index (κ3) is 2.41. The number of fused-ring (bicyclic) bond motifs is 1. The molecule has 2 N–H and O–H groups in total. The zero-order chi connectivity index (χ0) is 13.9. The summed E-state index contributed by atoms with van der Waals surface area (Å²) in [5, 5.41) is 11.7. The Kier molecular flexibility index (Phi) is 3.22. The molecule has 1 amide bonds. The lowest BCUT2D eigenvalue weighted by Crippen LogP contribution is -2.06. The molecule has 6 heteroatoms. The van der Waals surface area contributed by atoms with Gasteiger partial charge in [0.25, 0.3) is 5.88 Å². The van der Waals surface area contributed by atoms with E-state index in [1.165, 1.54) is 6.08 Å². The molecule has 0 bridgehead atoms. The quantitative estimate of drug-likeness (QED) is 0.720. The van der Waals surface area contributed by atoms with Crippen molar-refractivity contribution in [3.63, 3.8) is 0 Å². The van der Waals surface area contributed by atoms with E-state index < -0.39 is 0 Å². The summed E-state index contributed by atoms with van der Waals surface area (Å²) in [6.45, 7) is 3.41. The van der Waals surface area contributed by atoms with E-state index in [1.54, 1.807) is 35.6 Å². The number of amides is 1. The summed E-state index contributed by atoms with van der Waals surface area (Å²) in [6, 6.07) is 9.06. The first-order valence-electron chi connectivity index (χ1n) is 5.89. The molecule has 100 valence electrons. The molecule has 0 saturated heterocycles. The highest BCUT2D eigenvalue weighted by Crippen LogP contribution is 2.32. The van der Waals surface area contributed by atoms with Crippen LogP contribution in [0.4, 0.5) is 5.69 Å². The van der Waals surface area contributed by atoms with Gasteiger partial charge in [-0.2, -0.15) is 0 Å². The van der Waals surface area contributed by atoms with Gasteiger partial charge in [0, 0.05) is 11.8 Å². The Hall–Kier alpha value is -2.60. The van der Waals surface area contributed by atoms with Gasteiger partial charge in [-0.15, -0.1) is 16.4 Å². The van der Waals surface area contributed by atoms with Gasteiger partial charge in [-0.1, -0.05) is 12.6 Å². The SMILES string of the molecule is C=CC(=O)Nc1cccc(Oc2n[nH]c3ccsc23)c1. The van der Waals surface area contributed by atoms with Crippen molar-refractivity contribution in [1.82, 2.24) is 10.2 Å². The van der Waals surface area contributed by atoms with E-state index in [0.717, 1.165) is 10.2 Å². The molecule has 2 aromatic heterocycles. The number of aromatic amines is 1. The Morgan fingerprint density at radius 3 is 3.20 bits per heavy atom. The average molecular weight is 285 g/mol. The largest absolute Gasteiger partial charge is 0.436 e. The van der Waals surface area contributed by atoms with E-state index in [1.807, 2.05) is 11.4 Å².